The third-order valence-electron chi connectivity index (χ3n) is 16.0. The molecule has 0 fully saturated rings. The van der Waals surface area contributed by atoms with Gasteiger partial charge in [-0.1, -0.05) is 232 Å². The second-order valence-electron chi connectivity index (χ2n) is 31.1. The second-order valence-corrected chi connectivity index (χ2v) is 31.1. The van der Waals surface area contributed by atoms with Gasteiger partial charge in [0.25, 0.3) is 0 Å². The summed E-state index contributed by atoms with van der Waals surface area (Å²) in [4.78, 5) is 78.4. The van der Waals surface area contributed by atoms with Gasteiger partial charge in [-0.25, -0.2) is 0 Å². The van der Waals surface area contributed by atoms with Crippen molar-refractivity contribution in [3.05, 3.63) is 209 Å². The van der Waals surface area contributed by atoms with Crippen LogP contribution in [0.5, 0.6) is 34.5 Å². The zero-order valence-electron chi connectivity index (χ0n) is 63.3. The summed E-state index contributed by atoms with van der Waals surface area (Å²) >= 11 is 0. The Morgan fingerprint density at radius 1 is 0.206 bits per heavy atom. The van der Waals surface area contributed by atoms with Crippen molar-refractivity contribution < 1.29 is 57.2 Å². The fourth-order valence-corrected chi connectivity index (χ4v) is 10.3. The van der Waals surface area contributed by atoms with Crippen molar-refractivity contribution >= 4 is 35.8 Å². The molecule has 0 unspecified atom stereocenters. The molecule has 7 aromatic rings. The zero-order valence-corrected chi connectivity index (χ0v) is 63.3. The monoisotopic (exact) mass is 1360 g/mol. The van der Waals surface area contributed by atoms with Gasteiger partial charge in [0.1, 0.15) is 34.5 Å². The van der Waals surface area contributed by atoms with E-state index in [1.807, 2.05) is 197 Å². The molecule has 0 aliphatic carbocycles. The lowest BCUT2D eigenvalue weighted by atomic mass is 9.84. The first-order valence-corrected chi connectivity index (χ1v) is 33.6. The van der Waals surface area contributed by atoms with Gasteiger partial charge < -0.3 is 28.4 Å². The number of benzene rings is 7. The summed E-state index contributed by atoms with van der Waals surface area (Å²) in [6, 6.07) is 32.4. The minimum atomic E-state index is -0.600. The number of ether oxygens (including phenoxy) is 6. The van der Waals surface area contributed by atoms with Crippen LogP contribution in [0.2, 0.25) is 0 Å². The van der Waals surface area contributed by atoms with E-state index in [0.29, 0.717) is 33.4 Å². The number of carbonyl (C=O) groups is 6. The van der Waals surface area contributed by atoms with Gasteiger partial charge >= 0.3 is 35.8 Å². The van der Waals surface area contributed by atoms with Crippen molar-refractivity contribution in [1.82, 2.24) is 0 Å². The maximum absolute atomic E-state index is 13.1. The van der Waals surface area contributed by atoms with Crippen molar-refractivity contribution in [1.29, 1.82) is 0 Å². The Balaban J connectivity index is 1.99. The molecule has 102 heavy (non-hydrogen) atoms. The highest BCUT2D eigenvalue weighted by molar-refractivity contribution is 5.82. The summed E-state index contributed by atoms with van der Waals surface area (Å²) in [5, 5.41) is 0. The summed E-state index contributed by atoms with van der Waals surface area (Å²) in [5.41, 5.74) is 4.97. The third-order valence-corrected chi connectivity index (χ3v) is 16.0. The molecule has 0 radical (unpaired) electrons. The van der Waals surface area contributed by atoms with E-state index < -0.39 is 68.3 Å². The Kier molecular flexibility index (Phi) is 23.8. The molecule has 0 N–H and O–H groups in total. The fraction of sp³-hybridized carbons (Fsp3) is 0.333. The van der Waals surface area contributed by atoms with Crippen molar-refractivity contribution in [2.24, 2.45) is 0 Å². The largest absolute Gasteiger partial charge is 0.425 e. The molecule has 0 spiro atoms. The summed E-state index contributed by atoms with van der Waals surface area (Å²) < 4.78 is 35.5. The standard InChI is InChI=1S/C90H90O12/c1-55(91)97-79-43-31-67(85(7,8)9)49-61(79)25-37-73-74(38-26-62-50-68(86(10,11)12)32-44-80(62)98-56(2)92)76(40-28-64-52-70(88(16,17)18)34-46-82(64)100-58(4)94)78(42-30-66-54-72(90(22,23)24)36-48-84(66)102-60(6)96)77(41-29-65-53-71(89(19,20)21)35-47-83(65)101-59(5)95)75(73)39-27-63-51-69(87(13,14)15)33-45-81(63)99-57(3)93/h31-36,43-54H,1-24H3. The van der Waals surface area contributed by atoms with Crippen LogP contribution in [0.3, 0.4) is 0 Å². The van der Waals surface area contributed by atoms with Crippen LogP contribution in [0.1, 0.15) is 266 Å². The molecule has 7 aromatic carbocycles. The molecular formula is C90H90O12. The number of hydrogen-bond donors (Lipinski definition) is 0. The predicted octanol–water partition coefficient (Wildman–Crippen LogP) is 17.4. The third kappa shape index (κ3) is 20.9. The number of rotatable bonds is 6. The van der Waals surface area contributed by atoms with Crippen molar-refractivity contribution in [2.75, 3.05) is 0 Å². The highest BCUT2D eigenvalue weighted by atomic mass is 16.6. The Labute approximate surface area is 603 Å². The molecule has 0 aliphatic rings. The van der Waals surface area contributed by atoms with Crippen LogP contribution in [0.15, 0.2) is 109 Å². The molecule has 0 aliphatic heterocycles. The maximum atomic E-state index is 13.1. The second kappa shape index (κ2) is 31.1. The highest BCUT2D eigenvalue weighted by Gasteiger charge is 2.26. The molecule has 0 aromatic heterocycles. The lowest BCUT2D eigenvalue weighted by Gasteiger charge is -2.20. The molecule has 12 nitrogen and oxygen atoms in total. The Morgan fingerprint density at radius 2 is 0.324 bits per heavy atom. The quantitative estimate of drug-likeness (QED) is 0.0883. The topological polar surface area (TPSA) is 158 Å². The smallest absolute Gasteiger partial charge is 0.308 e. The van der Waals surface area contributed by atoms with Crippen LogP contribution < -0.4 is 28.4 Å². The van der Waals surface area contributed by atoms with Gasteiger partial charge in [0.15, 0.2) is 0 Å². The van der Waals surface area contributed by atoms with E-state index in [1.54, 1.807) is 36.4 Å². The van der Waals surface area contributed by atoms with Gasteiger partial charge in [-0.05, 0) is 139 Å². The normalized spacial score (nSPS) is 11.3. The summed E-state index contributed by atoms with van der Waals surface area (Å²) in [7, 11) is 0. The predicted molar refractivity (Wildman–Crippen MR) is 401 cm³/mol. The highest BCUT2D eigenvalue weighted by Crippen LogP contribution is 2.37. The zero-order chi connectivity index (χ0) is 75.8. The molecule has 7 rings (SSSR count). The van der Waals surface area contributed by atoms with Crippen LogP contribution in [0, 0.1) is 71.0 Å². The first-order valence-electron chi connectivity index (χ1n) is 33.6. The molecule has 12 heteroatoms. The van der Waals surface area contributed by atoms with E-state index in [9.17, 15) is 28.8 Å². The Bertz CT molecular complexity index is 4140. The minimum Gasteiger partial charge on any atom is -0.425 e. The van der Waals surface area contributed by atoms with Gasteiger partial charge in [-0.3, -0.25) is 28.8 Å². The molecule has 0 bridgehead atoms. The molecular weight excluding hydrogens is 1270 g/mol. The van der Waals surface area contributed by atoms with E-state index in [0.717, 1.165) is 33.4 Å². The summed E-state index contributed by atoms with van der Waals surface area (Å²) in [6.07, 6.45) is 0. The number of hydrogen-bond acceptors (Lipinski definition) is 12. The Morgan fingerprint density at radius 3 is 0.422 bits per heavy atom. The average Bonchev–Trinajstić information content (AvgIpc) is 0.756. The maximum Gasteiger partial charge on any atom is 0.308 e. The SMILES string of the molecule is CC(=O)Oc1ccc(C(C)(C)C)cc1C#Cc1c(C#Cc2cc(C(C)(C)C)ccc2OC(C)=O)c(C#Cc2cc(C(C)(C)C)ccc2OC(C)=O)c(C#Cc2cc(C(C)(C)C)ccc2OC(C)=O)c(C#Cc2cc(C(C)(C)C)ccc2OC(C)=O)c1C#Cc1cc(C(C)(C)C)ccc1OC(C)=O. The van der Waals surface area contributed by atoms with Crippen molar-refractivity contribution in [2.45, 2.75) is 199 Å². The van der Waals surface area contributed by atoms with Crippen LogP contribution >= 0.6 is 0 Å². The van der Waals surface area contributed by atoms with Gasteiger partial charge in [0.05, 0.1) is 66.8 Å². The molecule has 0 saturated heterocycles. The molecule has 0 amide bonds. The van der Waals surface area contributed by atoms with Crippen LogP contribution in [0.4, 0.5) is 0 Å². The first kappa shape index (κ1) is 78.1. The van der Waals surface area contributed by atoms with Crippen LogP contribution in [-0.2, 0) is 61.3 Å². The van der Waals surface area contributed by atoms with Crippen molar-refractivity contribution in [3.63, 3.8) is 0 Å². The van der Waals surface area contributed by atoms with E-state index in [4.69, 9.17) is 28.4 Å². The van der Waals surface area contributed by atoms with Gasteiger partial charge in [0.2, 0.25) is 0 Å². The Hall–Kier alpha value is -11.3. The van der Waals surface area contributed by atoms with Gasteiger partial charge in [-0.15, -0.1) is 0 Å². The van der Waals surface area contributed by atoms with E-state index in [1.165, 1.54) is 41.5 Å². The molecule has 0 atom stereocenters. The van der Waals surface area contributed by atoms with Gasteiger partial charge in [0, 0.05) is 41.5 Å². The van der Waals surface area contributed by atoms with Crippen LogP contribution in [0.25, 0.3) is 0 Å². The summed E-state index contributed by atoms with van der Waals surface area (Å²) in [5.74, 6) is 38.6. The minimum absolute atomic E-state index is 0.105. The first-order chi connectivity index (χ1) is 47.3. The average molecular weight is 1360 g/mol. The fourth-order valence-electron chi connectivity index (χ4n) is 10.3. The summed E-state index contributed by atoms with van der Waals surface area (Å²) in [6.45, 7) is 44.6. The van der Waals surface area contributed by atoms with Crippen LogP contribution in [-0.4, -0.2) is 35.8 Å². The van der Waals surface area contributed by atoms with Gasteiger partial charge in [-0.2, -0.15) is 0 Å². The lowest BCUT2D eigenvalue weighted by Crippen LogP contribution is -2.12. The lowest BCUT2D eigenvalue weighted by molar-refractivity contribution is -0.132. The van der Waals surface area contributed by atoms with E-state index in [2.05, 4.69) is 71.0 Å². The van der Waals surface area contributed by atoms with Crippen molar-refractivity contribution in [3.8, 4) is 106 Å². The molecule has 0 heterocycles. The van der Waals surface area contributed by atoms with E-state index >= 15 is 0 Å². The number of carbonyl (C=O) groups excluding carboxylic acids is 6. The number of esters is 6. The molecule has 0 saturated carbocycles. The van der Waals surface area contributed by atoms with E-state index in [-0.39, 0.29) is 67.9 Å². The molecule has 522 valence electrons.